The van der Waals surface area contributed by atoms with E-state index in [1.165, 1.54) is 0 Å². The average molecular weight is 399 g/mol. The van der Waals surface area contributed by atoms with Crippen LogP contribution in [0.1, 0.15) is 11.1 Å². The van der Waals surface area contributed by atoms with E-state index in [-0.39, 0.29) is 6.54 Å². The van der Waals surface area contributed by atoms with E-state index < -0.39 is 17.1 Å². The van der Waals surface area contributed by atoms with E-state index >= 15 is 0 Å². The van der Waals surface area contributed by atoms with Crippen molar-refractivity contribution in [2.24, 2.45) is 0 Å². The minimum absolute atomic E-state index is 0.304. The van der Waals surface area contributed by atoms with Gasteiger partial charge < -0.3 is 5.32 Å². The standard InChI is InChI=1S/C20H18N2O3S2/c1-13-3-7-15(8-4-13)21-18(23)12-22-19(24)17(27-20(22)25)11-14-5-9-16(26-2)10-6-14/h3-11H,12H2,1-2H3,(H,21,23). The molecule has 1 aliphatic heterocycles. The first-order valence-corrected chi connectivity index (χ1v) is 10.3. The van der Waals surface area contributed by atoms with E-state index in [1.54, 1.807) is 30.0 Å². The molecule has 5 nitrogen and oxygen atoms in total. The summed E-state index contributed by atoms with van der Waals surface area (Å²) in [4.78, 5) is 39.3. The molecule has 0 aliphatic carbocycles. The van der Waals surface area contributed by atoms with Gasteiger partial charge in [-0.1, -0.05) is 29.8 Å². The van der Waals surface area contributed by atoms with Crippen molar-refractivity contribution in [3.05, 3.63) is 64.6 Å². The number of rotatable bonds is 5. The largest absolute Gasteiger partial charge is 0.325 e. The van der Waals surface area contributed by atoms with Gasteiger partial charge >= 0.3 is 0 Å². The highest BCUT2D eigenvalue weighted by atomic mass is 32.2. The van der Waals surface area contributed by atoms with Crippen LogP contribution in [0.5, 0.6) is 0 Å². The number of amides is 3. The third-order valence-corrected chi connectivity index (χ3v) is 5.58. The maximum Gasteiger partial charge on any atom is 0.294 e. The summed E-state index contributed by atoms with van der Waals surface area (Å²) in [5.41, 5.74) is 2.54. The summed E-state index contributed by atoms with van der Waals surface area (Å²) in [5.74, 6) is -0.857. The normalized spacial score (nSPS) is 15.5. The number of imide groups is 1. The number of benzene rings is 2. The van der Waals surface area contributed by atoms with Crippen LogP contribution in [0.25, 0.3) is 6.08 Å². The summed E-state index contributed by atoms with van der Waals surface area (Å²) in [6, 6.07) is 15.0. The number of nitrogens with one attached hydrogen (secondary N) is 1. The Hall–Kier alpha value is -2.51. The highest BCUT2D eigenvalue weighted by Crippen LogP contribution is 2.32. The summed E-state index contributed by atoms with van der Waals surface area (Å²) >= 11 is 2.48. The monoisotopic (exact) mass is 398 g/mol. The molecule has 0 atom stereocenters. The molecule has 3 amide bonds. The Bertz CT molecular complexity index is 906. The first kappa shape index (κ1) is 19.3. The fraction of sp³-hybridized carbons (Fsp3) is 0.150. The second-order valence-electron chi connectivity index (χ2n) is 5.96. The van der Waals surface area contributed by atoms with Gasteiger partial charge in [0.05, 0.1) is 4.91 Å². The highest BCUT2D eigenvalue weighted by molar-refractivity contribution is 8.18. The molecule has 0 unspecified atom stereocenters. The van der Waals surface area contributed by atoms with Gasteiger partial charge in [-0.15, -0.1) is 11.8 Å². The molecule has 0 spiro atoms. The molecule has 1 N–H and O–H groups in total. The van der Waals surface area contributed by atoms with Crippen molar-refractivity contribution in [2.75, 3.05) is 18.1 Å². The molecule has 138 valence electrons. The SMILES string of the molecule is CSc1ccc(C=C2SC(=O)N(CC(=O)Nc3ccc(C)cc3)C2=O)cc1. The molecule has 0 aromatic heterocycles. The molecule has 1 saturated heterocycles. The Balaban J connectivity index is 1.67. The number of hydrogen-bond donors (Lipinski definition) is 1. The second-order valence-corrected chi connectivity index (χ2v) is 7.83. The number of carbonyl (C=O) groups is 3. The van der Waals surface area contributed by atoms with Crippen LogP contribution in [0, 0.1) is 6.92 Å². The van der Waals surface area contributed by atoms with Crippen molar-refractivity contribution < 1.29 is 14.4 Å². The summed E-state index contributed by atoms with van der Waals surface area (Å²) in [5, 5.41) is 2.26. The predicted molar refractivity (Wildman–Crippen MR) is 111 cm³/mol. The van der Waals surface area contributed by atoms with E-state index in [0.717, 1.165) is 32.7 Å². The Labute approximate surface area is 166 Å². The van der Waals surface area contributed by atoms with Crippen LogP contribution in [0.2, 0.25) is 0 Å². The molecule has 0 bridgehead atoms. The fourth-order valence-electron chi connectivity index (χ4n) is 2.47. The smallest absolute Gasteiger partial charge is 0.294 e. The van der Waals surface area contributed by atoms with Gasteiger partial charge in [0.2, 0.25) is 5.91 Å². The molecule has 27 heavy (non-hydrogen) atoms. The number of nitrogens with zero attached hydrogens (tertiary/aromatic N) is 1. The summed E-state index contributed by atoms with van der Waals surface area (Å²) in [6.07, 6.45) is 3.66. The Kier molecular flexibility index (Phi) is 6.03. The number of anilines is 1. The van der Waals surface area contributed by atoms with E-state index in [9.17, 15) is 14.4 Å². The Morgan fingerprint density at radius 2 is 1.78 bits per heavy atom. The number of hydrogen-bond acceptors (Lipinski definition) is 5. The molecule has 7 heteroatoms. The van der Waals surface area contributed by atoms with Crippen LogP contribution < -0.4 is 5.32 Å². The third-order valence-electron chi connectivity index (χ3n) is 3.92. The minimum Gasteiger partial charge on any atom is -0.325 e. The van der Waals surface area contributed by atoms with Crippen LogP contribution >= 0.6 is 23.5 Å². The van der Waals surface area contributed by atoms with Crippen molar-refractivity contribution in [2.45, 2.75) is 11.8 Å². The zero-order chi connectivity index (χ0) is 19.4. The molecule has 1 aliphatic rings. The molecular weight excluding hydrogens is 380 g/mol. The summed E-state index contributed by atoms with van der Waals surface area (Å²) in [7, 11) is 0. The van der Waals surface area contributed by atoms with Crippen LogP contribution in [0.4, 0.5) is 10.5 Å². The Morgan fingerprint density at radius 1 is 1.11 bits per heavy atom. The molecular formula is C20H18N2O3S2. The lowest BCUT2D eigenvalue weighted by molar-refractivity contribution is -0.127. The third kappa shape index (κ3) is 4.81. The van der Waals surface area contributed by atoms with Crippen LogP contribution in [0.3, 0.4) is 0 Å². The lowest BCUT2D eigenvalue weighted by Crippen LogP contribution is -2.36. The van der Waals surface area contributed by atoms with Gasteiger partial charge in [-0.05, 0) is 60.8 Å². The minimum atomic E-state index is -0.446. The number of aryl methyl sites for hydroxylation is 1. The average Bonchev–Trinajstić information content (AvgIpc) is 2.91. The van der Waals surface area contributed by atoms with Gasteiger partial charge in [0.25, 0.3) is 11.1 Å². The maximum atomic E-state index is 12.5. The lowest BCUT2D eigenvalue weighted by atomic mass is 10.2. The van der Waals surface area contributed by atoms with Gasteiger partial charge in [0.1, 0.15) is 6.54 Å². The van der Waals surface area contributed by atoms with Gasteiger partial charge in [-0.3, -0.25) is 19.3 Å². The first-order valence-electron chi connectivity index (χ1n) is 8.22. The van der Waals surface area contributed by atoms with E-state index in [2.05, 4.69) is 5.32 Å². The van der Waals surface area contributed by atoms with Crippen molar-refractivity contribution in [1.29, 1.82) is 0 Å². The molecule has 1 heterocycles. The van der Waals surface area contributed by atoms with Gasteiger partial charge in [-0.2, -0.15) is 0 Å². The van der Waals surface area contributed by atoms with Crippen molar-refractivity contribution in [3.8, 4) is 0 Å². The topological polar surface area (TPSA) is 66.5 Å². The van der Waals surface area contributed by atoms with Crippen molar-refractivity contribution >= 4 is 52.3 Å². The summed E-state index contributed by atoms with van der Waals surface area (Å²) in [6.45, 7) is 1.65. The second kappa shape index (κ2) is 8.45. The molecule has 2 aromatic rings. The first-order chi connectivity index (χ1) is 13.0. The van der Waals surface area contributed by atoms with E-state index in [0.29, 0.717) is 10.6 Å². The quantitative estimate of drug-likeness (QED) is 0.598. The maximum absolute atomic E-state index is 12.5. The van der Waals surface area contributed by atoms with Crippen LogP contribution in [-0.2, 0) is 9.59 Å². The highest BCUT2D eigenvalue weighted by Gasteiger charge is 2.36. The molecule has 3 rings (SSSR count). The molecule has 0 radical (unpaired) electrons. The zero-order valence-electron chi connectivity index (χ0n) is 14.9. The predicted octanol–water partition coefficient (Wildman–Crippen LogP) is 4.39. The molecule has 0 saturated carbocycles. The van der Waals surface area contributed by atoms with Crippen LogP contribution in [0.15, 0.2) is 58.3 Å². The number of thioether (sulfide) groups is 2. The van der Waals surface area contributed by atoms with Gasteiger partial charge in [0, 0.05) is 10.6 Å². The van der Waals surface area contributed by atoms with Crippen molar-refractivity contribution in [1.82, 2.24) is 4.90 Å². The number of carbonyl (C=O) groups excluding carboxylic acids is 3. The van der Waals surface area contributed by atoms with Crippen LogP contribution in [-0.4, -0.2) is 34.8 Å². The molecule has 2 aromatic carbocycles. The van der Waals surface area contributed by atoms with Gasteiger partial charge in [0.15, 0.2) is 0 Å². The van der Waals surface area contributed by atoms with E-state index in [4.69, 9.17) is 0 Å². The van der Waals surface area contributed by atoms with Crippen molar-refractivity contribution in [3.63, 3.8) is 0 Å². The lowest BCUT2D eigenvalue weighted by Gasteiger charge is -2.12. The zero-order valence-corrected chi connectivity index (χ0v) is 16.5. The van der Waals surface area contributed by atoms with Gasteiger partial charge in [-0.25, -0.2) is 0 Å². The Morgan fingerprint density at radius 3 is 2.41 bits per heavy atom. The summed E-state index contributed by atoms with van der Waals surface area (Å²) < 4.78 is 0. The fourth-order valence-corrected chi connectivity index (χ4v) is 3.72. The molecule has 1 fully saturated rings. The van der Waals surface area contributed by atoms with E-state index in [1.807, 2.05) is 49.6 Å².